The van der Waals surface area contributed by atoms with Gasteiger partial charge in [-0.15, -0.1) is 0 Å². The molecule has 3 rings (SSSR count). The van der Waals surface area contributed by atoms with Crippen LogP contribution in [0.25, 0.3) is 22.4 Å². The Balaban J connectivity index is 2.04. The normalized spacial score (nSPS) is 11.3. The summed E-state index contributed by atoms with van der Waals surface area (Å²) in [6, 6.07) is 9.85. The Morgan fingerprint density at radius 2 is 1.88 bits per heavy atom. The lowest BCUT2D eigenvalue weighted by Crippen LogP contribution is -2.29. The molecule has 0 aliphatic carbocycles. The first kappa shape index (κ1) is 17.9. The van der Waals surface area contributed by atoms with E-state index in [0.717, 1.165) is 33.5 Å². The Morgan fingerprint density at radius 3 is 2.54 bits per heavy atom. The van der Waals surface area contributed by atoms with Gasteiger partial charge in [0.25, 0.3) is 0 Å². The lowest BCUT2D eigenvalue weighted by atomic mass is 10.1. The molecule has 0 aliphatic heterocycles. The fourth-order valence-corrected chi connectivity index (χ4v) is 2.98. The highest BCUT2D eigenvalue weighted by Gasteiger charge is 2.18. The van der Waals surface area contributed by atoms with Crippen molar-refractivity contribution < 1.29 is 4.79 Å². The predicted octanol–water partition coefficient (Wildman–Crippen LogP) is 2.74. The molecule has 6 nitrogen and oxygen atoms in total. The van der Waals surface area contributed by atoms with Crippen LogP contribution in [0.4, 0.5) is 0 Å². The first-order valence-corrected chi connectivity index (χ1v) is 8.87. The van der Waals surface area contributed by atoms with Gasteiger partial charge in [-0.3, -0.25) is 4.79 Å². The van der Waals surface area contributed by atoms with Gasteiger partial charge in [0.1, 0.15) is 0 Å². The van der Waals surface area contributed by atoms with E-state index in [0.29, 0.717) is 18.8 Å². The second kappa shape index (κ2) is 7.15. The maximum absolute atomic E-state index is 11.8. The fraction of sp³-hybridized carbons (Fsp3) is 0.350. The fourth-order valence-electron chi connectivity index (χ4n) is 2.98. The molecule has 1 aromatic carbocycles. The van der Waals surface area contributed by atoms with E-state index in [1.165, 1.54) is 0 Å². The summed E-state index contributed by atoms with van der Waals surface area (Å²) in [7, 11) is 0. The van der Waals surface area contributed by atoms with Gasteiger partial charge in [-0.25, -0.2) is 14.6 Å². The van der Waals surface area contributed by atoms with Crippen LogP contribution in [0.5, 0.6) is 0 Å². The monoisotopic (exact) mass is 351 g/mol. The molecule has 2 aromatic heterocycles. The lowest BCUT2D eigenvalue weighted by Gasteiger charge is -2.10. The molecule has 2 heterocycles. The van der Waals surface area contributed by atoms with Crippen molar-refractivity contribution in [2.75, 3.05) is 12.4 Å². The largest absolute Gasteiger partial charge is 0.355 e. The van der Waals surface area contributed by atoms with Crippen molar-refractivity contribution in [3.8, 4) is 11.4 Å². The molecule has 0 aliphatic rings. The minimum Gasteiger partial charge on any atom is -0.355 e. The van der Waals surface area contributed by atoms with Gasteiger partial charge in [-0.2, -0.15) is 0 Å². The maximum atomic E-state index is 11.8. The zero-order valence-corrected chi connectivity index (χ0v) is 15.7. The van der Waals surface area contributed by atoms with Gasteiger partial charge in [-0.05, 0) is 19.4 Å². The summed E-state index contributed by atoms with van der Waals surface area (Å²) in [4.78, 5) is 21.3. The van der Waals surface area contributed by atoms with Crippen LogP contribution < -0.4 is 11.2 Å². The molecular weight excluding hydrogens is 326 g/mol. The molecule has 136 valence electrons. The SMILES string of the molecule is Cc1c(C)n(N)c2nc(-c3ccccc3)nc(CCNC(=O)C(C)C)c12. The third-order valence-corrected chi connectivity index (χ3v) is 4.69. The smallest absolute Gasteiger partial charge is 0.222 e. The Labute approximate surface area is 153 Å². The molecule has 0 spiro atoms. The number of nitrogen functional groups attached to an aromatic ring is 1. The molecule has 3 aromatic rings. The van der Waals surface area contributed by atoms with Gasteiger partial charge in [0.05, 0.1) is 5.69 Å². The van der Waals surface area contributed by atoms with E-state index in [2.05, 4.69) is 5.32 Å². The van der Waals surface area contributed by atoms with Gasteiger partial charge in [-0.1, -0.05) is 44.2 Å². The van der Waals surface area contributed by atoms with Crippen molar-refractivity contribution in [2.45, 2.75) is 34.1 Å². The number of hydrogen-bond donors (Lipinski definition) is 2. The number of nitrogens with one attached hydrogen (secondary N) is 1. The van der Waals surface area contributed by atoms with E-state index >= 15 is 0 Å². The molecule has 0 unspecified atom stereocenters. The van der Waals surface area contributed by atoms with Crippen molar-refractivity contribution >= 4 is 16.9 Å². The van der Waals surface area contributed by atoms with Crippen molar-refractivity contribution in [1.29, 1.82) is 0 Å². The Hall–Kier alpha value is -2.89. The first-order chi connectivity index (χ1) is 12.4. The van der Waals surface area contributed by atoms with E-state index < -0.39 is 0 Å². The summed E-state index contributed by atoms with van der Waals surface area (Å²) >= 11 is 0. The summed E-state index contributed by atoms with van der Waals surface area (Å²) in [5.41, 5.74) is 4.61. The van der Waals surface area contributed by atoms with Crippen molar-refractivity contribution in [1.82, 2.24) is 20.0 Å². The molecule has 0 saturated carbocycles. The number of carbonyl (C=O) groups is 1. The second-order valence-corrected chi connectivity index (χ2v) is 6.83. The molecule has 26 heavy (non-hydrogen) atoms. The van der Waals surface area contributed by atoms with Crippen molar-refractivity contribution in [3.05, 3.63) is 47.3 Å². The molecule has 0 bridgehead atoms. The van der Waals surface area contributed by atoms with Crippen LogP contribution in [0, 0.1) is 19.8 Å². The summed E-state index contributed by atoms with van der Waals surface area (Å²) in [5.74, 6) is 6.89. The van der Waals surface area contributed by atoms with E-state index in [1.807, 2.05) is 58.0 Å². The number of aromatic nitrogens is 3. The third kappa shape index (κ3) is 3.27. The molecular formula is C20H25N5O. The Kier molecular flexibility index (Phi) is 4.93. The minimum absolute atomic E-state index is 0.0330. The average Bonchev–Trinajstić information content (AvgIpc) is 2.86. The molecule has 0 atom stereocenters. The number of nitrogens with two attached hydrogens (primary N) is 1. The van der Waals surface area contributed by atoms with E-state index in [1.54, 1.807) is 4.68 Å². The predicted molar refractivity (Wildman–Crippen MR) is 104 cm³/mol. The number of rotatable bonds is 5. The van der Waals surface area contributed by atoms with Gasteiger partial charge in [0.2, 0.25) is 5.91 Å². The van der Waals surface area contributed by atoms with Gasteiger partial charge in [0, 0.05) is 35.5 Å². The minimum atomic E-state index is -0.0330. The first-order valence-electron chi connectivity index (χ1n) is 8.87. The highest BCUT2D eigenvalue weighted by molar-refractivity contribution is 5.86. The highest BCUT2D eigenvalue weighted by Crippen LogP contribution is 2.27. The van der Waals surface area contributed by atoms with E-state index in [9.17, 15) is 4.79 Å². The number of hydrogen-bond acceptors (Lipinski definition) is 4. The number of amides is 1. The molecule has 6 heteroatoms. The van der Waals surface area contributed by atoms with Crippen LogP contribution >= 0.6 is 0 Å². The summed E-state index contributed by atoms with van der Waals surface area (Å²) in [6.07, 6.45) is 0.627. The van der Waals surface area contributed by atoms with Gasteiger partial charge in [0.15, 0.2) is 11.5 Å². The summed E-state index contributed by atoms with van der Waals surface area (Å²) in [5, 5.41) is 3.93. The zero-order valence-electron chi connectivity index (χ0n) is 15.7. The average molecular weight is 351 g/mol. The zero-order chi connectivity index (χ0) is 18.8. The van der Waals surface area contributed by atoms with Crippen LogP contribution in [-0.2, 0) is 11.2 Å². The van der Waals surface area contributed by atoms with Gasteiger partial charge < -0.3 is 11.2 Å². The van der Waals surface area contributed by atoms with Crippen LogP contribution in [-0.4, -0.2) is 27.1 Å². The second-order valence-electron chi connectivity index (χ2n) is 6.83. The van der Waals surface area contributed by atoms with E-state index in [-0.39, 0.29) is 11.8 Å². The summed E-state index contributed by atoms with van der Waals surface area (Å²) in [6.45, 7) is 8.31. The number of carbonyl (C=O) groups excluding carboxylic acids is 1. The molecule has 3 N–H and O–H groups in total. The van der Waals surface area contributed by atoms with Gasteiger partial charge >= 0.3 is 0 Å². The van der Waals surface area contributed by atoms with Crippen LogP contribution in [0.3, 0.4) is 0 Å². The quantitative estimate of drug-likeness (QED) is 0.692. The highest BCUT2D eigenvalue weighted by atomic mass is 16.1. The lowest BCUT2D eigenvalue weighted by molar-refractivity contribution is -0.123. The molecule has 0 radical (unpaired) electrons. The number of benzene rings is 1. The maximum Gasteiger partial charge on any atom is 0.222 e. The van der Waals surface area contributed by atoms with Crippen molar-refractivity contribution in [2.24, 2.45) is 5.92 Å². The third-order valence-electron chi connectivity index (χ3n) is 4.69. The Bertz CT molecular complexity index is 944. The van der Waals surface area contributed by atoms with Crippen LogP contribution in [0.1, 0.15) is 30.8 Å². The molecule has 0 saturated heterocycles. The number of fused-ring (bicyclic) bond motifs is 1. The Morgan fingerprint density at radius 1 is 1.19 bits per heavy atom. The summed E-state index contributed by atoms with van der Waals surface area (Å²) < 4.78 is 1.62. The van der Waals surface area contributed by atoms with E-state index in [4.69, 9.17) is 15.8 Å². The van der Waals surface area contributed by atoms with Crippen LogP contribution in [0.15, 0.2) is 30.3 Å². The molecule has 0 fully saturated rings. The standard InChI is InChI=1S/C20H25N5O/c1-12(2)20(26)22-11-10-16-17-13(3)14(4)25(21)19(17)24-18(23-16)15-8-6-5-7-9-15/h5-9,12H,10-11,21H2,1-4H3,(H,22,26). The van der Waals surface area contributed by atoms with Crippen molar-refractivity contribution in [3.63, 3.8) is 0 Å². The molecule has 1 amide bonds. The topological polar surface area (TPSA) is 85.8 Å². The van der Waals surface area contributed by atoms with Crippen LogP contribution in [0.2, 0.25) is 0 Å². The number of aryl methyl sites for hydroxylation is 1. The number of nitrogens with zero attached hydrogens (tertiary/aromatic N) is 3.